The lowest BCUT2D eigenvalue weighted by Gasteiger charge is -2.10. The van der Waals surface area contributed by atoms with Gasteiger partial charge in [0.05, 0.1) is 24.2 Å². The lowest BCUT2D eigenvalue weighted by atomic mass is 10.2. The van der Waals surface area contributed by atoms with Crippen LogP contribution in [0.4, 0.5) is 11.4 Å². The van der Waals surface area contributed by atoms with Gasteiger partial charge >= 0.3 is 0 Å². The smallest absolute Gasteiger partial charge is 0.252 e. The number of ether oxygens (including phenoxy) is 1. The van der Waals surface area contributed by atoms with E-state index in [1.807, 2.05) is 0 Å². The number of carbonyl (C=O) groups excluding carboxylic acids is 2. The van der Waals surface area contributed by atoms with Crippen molar-refractivity contribution < 1.29 is 14.3 Å². The molecule has 2 aromatic rings. The minimum atomic E-state index is -0.262. The summed E-state index contributed by atoms with van der Waals surface area (Å²) in [5.41, 5.74) is 1.67. The summed E-state index contributed by atoms with van der Waals surface area (Å²) in [5, 5.41) is 8.54. The number of benzene rings is 2. The van der Waals surface area contributed by atoms with Gasteiger partial charge in [0.25, 0.3) is 5.91 Å². The van der Waals surface area contributed by atoms with Crippen LogP contribution in [0.25, 0.3) is 0 Å². The fourth-order valence-corrected chi connectivity index (χ4v) is 2.30. The zero-order chi connectivity index (χ0) is 17.5. The second-order valence-electron chi connectivity index (χ2n) is 4.91. The zero-order valence-electron chi connectivity index (χ0n) is 13.4. The van der Waals surface area contributed by atoms with Crippen LogP contribution in [-0.4, -0.2) is 32.5 Å². The number of nitrogens with one attached hydrogen (secondary N) is 3. The van der Waals surface area contributed by atoms with Crippen molar-refractivity contribution in [2.75, 3.05) is 31.3 Å². The molecule has 0 aliphatic rings. The molecule has 7 heteroatoms. The van der Waals surface area contributed by atoms with Gasteiger partial charge in [0.1, 0.15) is 5.75 Å². The molecule has 0 radical (unpaired) electrons. The van der Waals surface area contributed by atoms with Crippen LogP contribution in [0.2, 0.25) is 5.02 Å². The van der Waals surface area contributed by atoms with Crippen molar-refractivity contribution in [2.24, 2.45) is 0 Å². The number of hydrogen-bond donors (Lipinski definition) is 3. The van der Waals surface area contributed by atoms with Crippen LogP contribution in [0.5, 0.6) is 5.75 Å². The van der Waals surface area contributed by atoms with Crippen molar-refractivity contribution >= 4 is 34.8 Å². The van der Waals surface area contributed by atoms with Crippen molar-refractivity contribution in [3.63, 3.8) is 0 Å². The molecule has 0 fully saturated rings. The first-order chi connectivity index (χ1) is 11.5. The van der Waals surface area contributed by atoms with E-state index in [2.05, 4.69) is 16.0 Å². The predicted octanol–water partition coefficient (Wildman–Crippen LogP) is 2.76. The monoisotopic (exact) mass is 347 g/mol. The standard InChI is InChI=1S/C17H18ClN3O3/c1-19-17(23)14-7-6-11(9-15(14)18)20-10-16(22)21-12-4-3-5-13(8-12)24-2/h3-9,20H,10H2,1-2H3,(H,19,23)(H,21,22). The Balaban J connectivity index is 1.94. The lowest BCUT2D eigenvalue weighted by molar-refractivity contribution is -0.114. The zero-order valence-corrected chi connectivity index (χ0v) is 14.1. The summed E-state index contributed by atoms with van der Waals surface area (Å²) in [6.07, 6.45) is 0. The SMILES string of the molecule is CNC(=O)c1ccc(NCC(=O)Nc2cccc(OC)c2)cc1Cl. The first-order valence-corrected chi connectivity index (χ1v) is 7.60. The second kappa shape index (κ2) is 8.21. The highest BCUT2D eigenvalue weighted by Crippen LogP contribution is 2.21. The fourth-order valence-electron chi connectivity index (χ4n) is 2.03. The van der Waals surface area contributed by atoms with Crippen LogP contribution in [0.15, 0.2) is 42.5 Å². The largest absolute Gasteiger partial charge is 0.497 e. The Kier molecular flexibility index (Phi) is 6.03. The topological polar surface area (TPSA) is 79.5 Å². The Hall–Kier alpha value is -2.73. The maximum Gasteiger partial charge on any atom is 0.252 e. The van der Waals surface area contributed by atoms with E-state index in [0.29, 0.717) is 27.7 Å². The highest BCUT2D eigenvalue weighted by atomic mass is 35.5. The molecule has 0 aromatic heterocycles. The molecule has 0 spiro atoms. The molecule has 0 atom stereocenters. The molecular formula is C17H18ClN3O3. The molecule has 0 heterocycles. The summed E-state index contributed by atoms with van der Waals surface area (Å²) in [4.78, 5) is 23.6. The Morgan fingerprint density at radius 2 is 1.92 bits per heavy atom. The predicted molar refractivity (Wildman–Crippen MR) is 95.0 cm³/mol. The van der Waals surface area contributed by atoms with Gasteiger partial charge < -0.3 is 20.7 Å². The summed E-state index contributed by atoms with van der Waals surface area (Å²) in [7, 11) is 3.10. The van der Waals surface area contributed by atoms with Crippen molar-refractivity contribution in [1.82, 2.24) is 5.32 Å². The molecule has 126 valence electrons. The van der Waals surface area contributed by atoms with Crippen molar-refractivity contribution in [3.05, 3.63) is 53.1 Å². The van der Waals surface area contributed by atoms with E-state index < -0.39 is 0 Å². The van der Waals surface area contributed by atoms with Gasteiger partial charge in [-0.2, -0.15) is 0 Å². The Morgan fingerprint density at radius 3 is 2.58 bits per heavy atom. The minimum absolute atomic E-state index is 0.0624. The van der Waals surface area contributed by atoms with Crippen molar-refractivity contribution in [2.45, 2.75) is 0 Å². The quantitative estimate of drug-likeness (QED) is 0.750. The van der Waals surface area contributed by atoms with Gasteiger partial charge in [-0.05, 0) is 30.3 Å². The summed E-state index contributed by atoms with van der Waals surface area (Å²) < 4.78 is 5.10. The Bertz CT molecular complexity index is 750. The van der Waals surface area contributed by atoms with E-state index in [9.17, 15) is 9.59 Å². The van der Waals surface area contributed by atoms with E-state index in [-0.39, 0.29) is 18.4 Å². The molecule has 0 saturated heterocycles. The number of amides is 2. The van der Waals surface area contributed by atoms with Gasteiger partial charge in [-0.3, -0.25) is 9.59 Å². The molecule has 0 aliphatic carbocycles. The molecule has 0 bridgehead atoms. The minimum Gasteiger partial charge on any atom is -0.497 e. The molecular weight excluding hydrogens is 330 g/mol. The maximum atomic E-state index is 12.0. The number of methoxy groups -OCH3 is 1. The summed E-state index contributed by atoms with van der Waals surface area (Å²) in [5.74, 6) is 0.189. The van der Waals surface area contributed by atoms with E-state index in [0.717, 1.165) is 0 Å². The van der Waals surface area contributed by atoms with E-state index >= 15 is 0 Å². The maximum absolute atomic E-state index is 12.0. The Morgan fingerprint density at radius 1 is 1.12 bits per heavy atom. The summed E-state index contributed by atoms with van der Waals surface area (Å²) in [6.45, 7) is 0.0624. The average Bonchev–Trinajstić information content (AvgIpc) is 2.59. The summed E-state index contributed by atoms with van der Waals surface area (Å²) >= 11 is 6.07. The number of hydrogen-bond acceptors (Lipinski definition) is 4. The third-order valence-corrected chi connectivity index (χ3v) is 3.56. The number of rotatable bonds is 6. The van der Waals surface area contributed by atoms with Crippen molar-refractivity contribution in [3.8, 4) is 5.75 Å². The molecule has 6 nitrogen and oxygen atoms in total. The van der Waals surface area contributed by atoms with Gasteiger partial charge in [-0.25, -0.2) is 0 Å². The molecule has 2 rings (SSSR count). The van der Waals surface area contributed by atoms with E-state index in [1.54, 1.807) is 49.6 Å². The fraction of sp³-hybridized carbons (Fsp3) is 0.176. The second-order valence-corrected chi connectivity index (χ2v) is 5.31. The van der Waals surface area contributed by atoms with E-state index in [1.165, 1.54) is 7.05 Å². The molecule has 0 unspecified atom stereocenters. The van der Waals surface area contributed by atoms with Gasteiger partial charge in [-0.15, -0.1) is 0 Å². The first kappa shape index (κ1) is 17.6. The molecule has 0 aliphatic heterocycles. The van der Waals surface area contributed by atoms with Crippen molar-refractivity contribution in [1.29, 1.82) is 0 Å². The molecule has 24 heavy (non-hydrogen) atoms. The highest BCUT2D eigenvalue weighted by Gasteiger charge is 2.09. The van der Waals surface area contributed by atoms with Crippen LogP contribution >= 0.6 is 11.6 Å². The molecule has 0 saturated carbocycles. The number of carbonyl (C=O) groups is 2. The molecule has 3 N–H and O–H groups in total. The van der Waals surface area contributed by atoms with Crippen LogP contribution in [0, 0.1) is 0 Å². The summed E-state index contributed by atoms with van der Waals surface area (Å²) in [6, 6.07) is 12.0. The van der Waals surface area contributed by atoms with Crippen LogP contribution in [0.1, 0.15) is 10.4 Å². The number of halogens is 1. The van der Waals surface area contributed by atoms with Crippen LogP contribution in [0.3, 0.4) is 0 Å². The molecule has 2 aromatic carbocycles. The third kappa shape index (κ3) is 4.63. The normalized spacial score (nSPS) is 9.96. The van der Waals surface area contributed by atoms with Crippen LogP contribution < -0.4 is 20.7 Å². The highest BCUT2D eigenvalue weighted by molar-refractivity contribution is 6.34. The number of anilines is 2. The lowest BCUT2D eigenvalue weighted by Crippen LogP contribution is -2.22. The van der Waals surface area contributed by atoms with Gasteiger partial charge in [0.2, 0.25) is 5.91 Å². The third-order valence-electron chi connectivity index (χ3n) is 3.25. The Labute approximate surface area is 145 Å². The average molecular weight is 348 g/mol. The van der Waals surface area contributed by atoms with Gasteiger partial charge in [-0.1, -0.05) is 17.7 Å². The molecule has 2 amide bonds. The van der Waals surface area contributed by atoms with Gasteiger partial charge in [0.15, 0.2) is 0 Å². The van der Waals surface area contributed by atoms with Gasteiger partial charge in [0, 0.05) is 24.5 Å². The van der Waals surface area contributed by atoms with E-state index in [4.69, 9.17) is 16.3 Å². The van der Waals surface area contributed by atoms with Crippen LogP contribution in [-0.2, 0) is 4.79 Å². The first-order valence-electron chi connectivity index (χ1n) is 7.23.